The minimum Gasteiger partial charge on any atom is -0.379 e. The van der Waals surface area contributed by atoms with Crippen LogP contribution in [0.1, 0.15) is 0 Å². The Labute approximate surface area is 149 Å². The predicted molar refractivity (Wildman–Crippen MR) is 96.5 cm³/mol. The van der Waals surface area contributed by atoms with Crippen molar-refractivity contribution in [2.24, 2.45) is 0 Å². The number of hydrogen-bond acceptors (Lipinski definition) is 7. The Morgan fingerprint density at radius 3 is 2.64 bits per heavy atom. The third kappa shape index (κ3) is 4.25. The molecule has 0 aliphatic carbocycles. The van der Waals surface area contributed by atoms with Crippen LogP contribution in [0.2, 0.25) is 0 Å². The van der Waals surface area contributed by atoms with Crippen LogP contribution in [-0.4, -0.2) is 63.7 Å². The first-order valence-corrected chi connectivity index (χ1v) is 9.12. The molecule has 2 heterocycles. The second-order valence-corrected chi connectivity index (χ2v) is 6.26. The van der Waals surface area contributed by atoms with Crippen LogP contribution < -0.4 is 0 Å². The molecule has 25 heavy (non-hydrogen) atoms. The summed E-state index contributed by atoms with van der Waals surface area (Å²) < 4.78 is 7.26. The molecular formula is C16H19N5O3S. The van der Waals surface area contributed by atoms with Crippen molar-refractivity contribution in [2.75, 3.05) is 39.1 Å². The summed E-state index contributed by atoms with van der Waals surface area (Å²) in [7, 11) is 0. The van der Waals surface area contributed by atoms with Crippen LogP contribution in [0.5, 0.6) is 0 Å². The molecule has 1 fully saturated rings. The first kappa shape index (κ1) is 17.6. The standard InChI is InChI=1S/C16H19N5O3S/c1-25-16-18-17-15(13-3-5-14(6-4-13)21(22)23)20(16)8-2-7-19-9-11-24-12-10-19/h2-6,8H,7,9-12H2,1H3/b8-2+. The summed E-state index contributed by atoms with van der Waals surface area (Å²) in [5.74, 6) is 0.664. The van der Waals surface area contributed by atoms with E-state index in [1.807, 2.05) is 17.0 Å². The zero-order chi connectivity index (χ0) is 17.6. The Morgan fingerprint density at radius 2 is 2.00 bits per heavy atom. The van der Waals surface area contributed by atoms with E-state index in [0.717, 1.165) is 43.6 Å². The third-order valence-electron chi connectivity index (χ3n) is 3.91. The minimum atomic E-state index is -0.413. The number of hydrogen-bond donors (Lipinski definition) is 0. The molecule has 0 saturated carbocycles. The van der Waals surface area contributed by atoms with Crippen molar-refractivity contribution in [3.05, 3.63) is 40.5 Å². The van der Waals surface area contributed by atoms with Gasteiger partial charge in [-0.2, -0.15) is 0 Å². The first-order chi connectivity index (χ1) is 12.2. The van der Waals surface area contributed by atoms with Crippen molar-refractivity contribution in [2.45, 2.75) is 5.16 Å². The molecule has 2 aromatic rings. The molecule has 9 heteroatoms. The van der Waals surface area contributed by atoms with Gasteiger partial charge in [0.15, 0.2) is 11.0 Å². The lowest BCUT2D eigenvalue weighted by Crippen LogP contribution is -2.36. The Hall–Kier alpha value is -2.23. The fourth-order valence-corrected chi connectivity index (χ4v) is 3.03. The van der Waals surface area contributed by atoms with E-state index in [-0.39, 0.29) is 5.69 Å². The number of nitro benzene ring substituents is 1. The Bertz CT molecular complexity index is 754. The summed E-state index contributed by atoms with van der Waals surface area (Å²) in [6.07, 6.45) is 5.97. The summed E-state index contributed by atoms with van der Waals surface area (Å²) in [4.78, 5) is 12.7. The van der Waals surface area contributed by atoms with E-state index in [1.54, 1.807) is 12.1 Å². The molecule has 0 N–H and O–H groups in total. The molecule has 0 unspecified atom stereocenters. The quantitative estimate of drug-likeness (QED) is 0.443. The zero-order valence-corrected chi connectivity index (χ0v) is 14.7. The van der Waals surface area contributed by atoms with E-state index in [0.29, 0.717) is 5.82 Å². The van der Waals surface area contributed by atoms with Gasteiger partial charge in [-0.25, -0.2) is 0 Å². The number of morpholine rings is 1. The highest BCUT2D eigenvalue weighted by Crippen LogP contribution is 2.24. The molecule has 0 radical (unpaired) electrons. The van der Waals surface area contributed by atoms with E-state index in [2.05, 4.69) is 21.2 Å². The van der Waals surface area contributed by atoms with Gasteiger partial charge < -0.3 is 4.74 Å². The first-order valence-electron chi connectivity index (χ1n) is 7.89. The van der Waals surface area contributed by atoms with Crippen molar-refractivity contribution >= 4 is 23.6 Å². The molecule has 1 aliphatic heterocycles. The second-order valence-electron chi connectivity index (χ2n) is 5.48. The van der Waals surface area contributed by atoms with Gasteiger partial charge in [-0.05, 0) is 18.4 Å². The molecular weight excluding hydrogens is 342 g/mol. The van der Waals surface area contributed by atoms with Crippen molar-refractivity contribution < 1.29 is 9.66 Å². The zero-order valence-electron chi connectivity index (χ0n) is 13.9. The van der Waals surface area contributed by atoms with Gasteiger partial charge >= 0.3 is 0 Å². The predicted octanol–water partition coefficient (Wildman–Crippen LogP) is 2.38. The maximum atomic E-state index is 10.8. The van der Waals surface area contributed by atoms with Crippen molar-refractivity contribution in [1.82, 2.24) is 19.7 Å². The number of non-ortho nitro benzene ring substituents is 1. The van der Waals surface area contributed by atoms with Crippen LogP contribution in [0.3, 0.4) is 0 Å². The number of ether oxygens (including phenoxy) is 1. The highest BCUT2D eigenvalue weighted by Gasteiger charge is 2.13. The average molecular weight is 361 g/mol. The summed E-state index contributed by atoms with van der Waals surface area (Å²) in [6.45, 7) is 4.22. The highest BCUT2D eigenvalue weighted by molar-refractivity contribution is 7.98. The molecule has 132 valence electrons. The van der Waals surface area contributed by atoms with Gasteiger partial charge in [-0.1, -0.05) is 17.8 Å². The second kappa shape index (κ2) is 8.24. The number of nitrogens with zero attached hydrogens (tertiary/aromatic N) is 5. The molecule has 1 aromatic heterocycles. The van der Waals surface area contributed by atoms with Crippen LogP contribution in [0, 0.1) is 10.1 Å². The summed E-state index contributed by atoms with van der Waals surface area (Å²) >= 11 is 1.50. The molecule has 1 aromatic carbocycles. The molecule has 0 spiro atoms. The maximum absolute atomic E-state index is 10.8. The fraction of sp³-hybridized carbons (Fsp3) is 0.375. The average Bonchev–Trinajstić information content (AvgIpc) is 3.05. The SMILES string of the molecule is CSc1nnc(-c2ccc([N+](=O)[O-])cc2)n1/C=C/CN1CCOCC1. The Balaban J connectivity index is 1.80. The molecule has 1 aliphatic rings. The van der Waals surface area contributed by atoms with Crippen molar-refractivity contribution in [1.29, 1.82) is 0 Å². The molecule has 0 bridgehead atoms. The number of benzene rings is 1. The molecule has 1 saturated heterocycles. The van der Waals surface area contributed by atoms with Crippen molar-refractivity contribution in [3.8, 4) is 11.4 Å². The van der Waals surface area contributed by atoms with Crippen LogP contribution in [0.15, 0.2) is 35.5 Å². The van der Waals surface area contributed by atoms with Gasteiger partial charge in [0.2, 0.25) is 0 Å². The van der Waals surface area contributed by atoms with Gasteiger partial charge in [-0.15, -0.1) is 10.2 Å². The van der Waals surface area contributed by atoms with Gasteiger partial charge in [0.1, 0.15) is 0 Å². The molecule has 8 nitrogen and oxygen atoms in total. The van der Waals surface area contributed by atoms with E-state index in [4.69, 9.17) is 4.74 Å². The highest BCUT2D eigenvalue weighted by atomic mass is 32.2. The van der Waals surface area contributed by atoms with Gasteiger partial charge in [0, 0.05) is 43.5 Å². The van der Waals surface area contributed by atoms with E-state index in [9.17, 15) is 10.1 Å². The lowest BCUT2D eigenvalue weighted by atomic mass is 10.2. The van der Waals surface area contributed by atoms with E-state index >= 15 is 0 Å². The van der Waals surface area contributed by atoms with Gasteiger partial charge in [-0.3, -0.25) is 19.6 Å². The normalized spacial score (nSPS) is 15.7. The smallest absolute Gasteiger partial charge is 0.269 e. The summed E-state index contributed by atoms with van der Waals surface area (Å²) in [6, 6.07) is 6.34. The van der Waals surface area contributed by atoms with Crippen LogP contribution >= 0.6 is 11.8 Å². The third-order valence-corrected chi connectivity index (χ3v) is 4.55. The maximum Gasteiger partial charge on any atom is 0.269 e. The number of thioether (sulfide) groups is 1. The van der Waals surface area contributed by atoms with Crippen LogP contribution in [0.4, 0.5) is 5.69 Å². The number of rotatable bonds is 6. The Morgan fingerprint density at radius 1 is 1.28 bits per heavy atom. The fourth-order valence-electron chi connectivity index (χ4n) is 2.57. The molecule has 3 rings (SSSR count). The summed E-state index contributed by atoms with van der Waals surface area (Å²) in [5, 5.41) is 20.0. The van der Waals surface area contributed by atoms with Crippen LogP contribution in [-0.2, 0) is 4.74 Å². The van der Waals surface area contributed by atoms with E-state index in [1.165, 1.54) is 23.9 Å². The topological polar surface area (TPSA) is 86.3 Å². The summed E-state index contributed by atoms with van der Waals surface area (Å²) in [5.41, 5.74) is 0.845. The van der Waals surface area contributed by atoms with Crippen LogP contribution in [0.25, 0.3) is 17.6 Å². The molecule has 0 atom stereocenters. The largest absolute Gasteiger partial charge is 0.379 e. The van der Waals surface area contributed by atoms with Gasteiger partial charge in [0.25, 0.3) is 5.69 Å². The lowest BCUT2D eigenvalue weighted by Gasteiger charge is -2.25. The van der Waals surface area contributed by atoms with Crippen molar-refractivity contribution in [3.63, 3.8) is 0 Å². The minimum absolute atomic E-state index is 0.0581. The van der Waals surface area contributed by atoms with E-state index < -0.39 is 4.92 Å². The monoisotopic (exact) mass is 361 g/mol. The number of nitro groups is 1. The molecule has 0 amide bonds. The lowest BCUT2D eigenvalue weighted by molar-refractivity contribution is -0.384. The van der Waals surface area contributed by atoms with Gasteiger partial charge in [0.05, 0.1) is 18.1 Å². The number of aromatic nitrogens is 3. The Kier molecular flexibility index (Phi) is 5.79.